The minimum atomic E-state index is -0.116. The third-order valence-electron chi connectivity index (χ3n) is 6.59. The van der Waals surface area contributed by atoms with Crippen LogP contribution in [-0.4, -0.2) is 42.5 Å². The molecule has 0 spiro atoms. The zero-order valence-corrected chi connectivity index (χ0v) is 22.9. The first-order valence-electron chi connectivity index (χ1n) is 12.9. The van der Waals surface area contributed by atoms with Gasteiger partial charge in [0.05, 0.1) is 38.6 Å². The number of amides is 1. The Morgan fingerprint density at radius 1 is 1.07 bits per heavy atom. The first-order valence-corrected chi connectivity index (χ1v) is 12.9. The van der Waals surface area contributed by atoms with E-state index in [4.69, 9.17) is 24.9 Å². The highest BCUT2D eigenvalue weighted by molar-refractivity contribution is 6.03. The summed E-state index contributed by atoms with van der Waals surface area (Å²) in [4.78, 5) is 24.5. The van der Waals surface area contributed by atoms with Crippen LogP contribution in [0.2, 0.25) is 0 Å². The summed E-state index contributed by atoms with van der Waals surface area (Å²) in [5, 5.41) is 0. The number of hydrogen-bond donors (Lipinski definition) is 1. The maximum Gasteiger partial charge on any atom is 0.232 e. The van der Waals surface area contributed by atoms with Crippen molar-refractivity contribution >= 4 is 17.4 Å². The molecule has 0 saturated carbocycles. The van der Waals surface area contributed by atoms with Crippen molar-refractivity contribution < 1.29 is 19.0 Å². The van der Waals surface area contributed by atoms with E-state index in [2.05, 4.69) is 18.1 Å². The van der Waals surface area contributed by atoms with E-state index in [0.29, 0.717) is 34.5 Å². The molecular formula is C32H34N4O4. The zero-order chi connectivity index (χ0) is 28.5. The van der Waals surface area contributed by atoms with Crippen LogP contribution in [0, 0.1) is 0 Å². The lowest BCUT2D eigenvalue weighted by Gasteiger charge is -2.24. The first kappa shape index (κ1) is 28.3. The molecule has 2 aromatic carbocycles. The fourth-order valence-corrected chi connectivity index (χ4v) is 4.44. The lowest BCUT2D eigenvalue weighted by molar-refractivity contribution is -0.127. The Balaban J connectivity index is 1.64. The lowest BCUT2D eigenvalue weighted by Crippen LogP contribution is -2.39. The van der Waals surface area contributed by atoms with Crippen molar-refractivity contribution in [2.75, 3.05) is 20.8 Å². The molecule has 40 heavy (non-hydrogen) atoms. The number of allylic oxidation sites excluding steroid dienone is 4. The second-order valence-electron chi connectivity index (χ2n) is 9.12. The molecule has 2 N–H and O–H groups in total. The molecule has 0 fully saturated rings. The Bertz CT molecular complexity index is 1440. The number of hydrogen-bond acceptors (Lipinski definition) is 7. The minimum Gasteiger partial charge on any atom is -0.497 e. The monoisotopic (exact) mass is 538 g/mol. The van der Waals surface area contributed by atoms with Crippen LogP contribution >= 0.6 is 0 Å². The molecule has 2 heterocycles. The van der Waals surface area contributed by atoms with Crippen LogP contribution in [0.15, 0.2) is 96.7 Å². The number of ether oxygens (including phenoxy) is 3. The summed E-state index contributed by atoms with van der Waals surface area (Å²) in [6.45, 7) is 8.13. The minimum absolute atomic E-state index is 0.0657. The summed E-state index contributed by atoms with van der Waals surface area (Å²) in [6, 6.07) is 15.1. The molecule has 1 aromatic heterocycles. The third kappa shape index (κ3) is 6.65. The highest BCUT2D eigenvalue weighted by Crippen LogP contribution is 2.30. The number of nitrogens with zero attached hydrogens (tertiary/aromatic N) is 3. The van der Waals surface area contributed by atoms with Gasteiger partial charge < -0.3 is 19.9 Å². The first-order chi connectivity index (χ1) is 19.5. The predicted octanol–water partition coefficient (Wildman–Crippen LogP) is 5.09. The predicted molar refractivity (Wildman–Crippen MR) is 157 cm³/mol. The summed E-state index contributed by atoms with van der Waals surface area (Å²) in [6.07, 6.45) is 8.07. The van der Waals surface area contributed by atoms with Crippen molar-refractivity contribution in [3.63, 3.8) is 0 Å². The van der Waals surface area contributed by atoms with Gasteiger partial charge in [0.1, 0.15) is 29.7 Å². The summed E-state index contributed by atoms with van der Waals surface area (Å²) < 4.78 is 17.1. The lowest BCUT2D eigenvalue weighted by atomic mass is 10.0. The van der Waals surface area contributed by atoms with Gasteiger partial charge in [-0.3, -0.25) is 14.7 Å². The summed E-state index contributed by atoms with van der Waals surface area (Å²) in [5.41, 5.74) is 11.0. The molecule has 1 aliphatic rings. The molecule has 0 saturated heterocycles. The van der Waals surface area contributed by atoms with E-state index in [9.17, 15) is 4.79 Å². The van der Waals surface area contributed by atoms with Crippen LogP contribution in [0.5, 0.6) is 17.2 Å². The van der Waals surface area contributed by atoms with E-state index in [1.54, 1.807) is 37.5 Å². The van der Waals surface area contributed by atoms with Gasteiger partial charge in [0, 0.05) is 24.4 Å². The molecule has 206 valence electrons. The van der Waals surface area contributed by atoms with Crippen molar-refractivity contribution in [3.8, 4) is 17.2 Å². The second kappa shape index (κ2) is 13.4. The Morgan fingerprint density at radius 3 is 2.52 bits per heavy atom. The fraction of sp³-hybridized carbons (Fsp3) is 0.219. The van der Waals surface area contributed by atoms with Gasteiger partial charge in [0.15, 0.2) is 0 Å². The van der Waals surface area contributed by atoms with Gasteiger partial charge in [-0.05, 0) is 53.5 Å². The number of nitrogens with two attached hydrogens (primary N) is 1. The number of methoxy groups -OCH3 is 2. The largest absolute Gasteiger partial charge is 0.497 e. The maximum absolute atomic E-state index is 13.6. The quantitative estimate of drug-likeness (QED) is 0.323. The summed E-state index contributed by atoms with van der Waals surface area (Å²) in [5.74, 6) is 2.27. The molecule has 3 aromatic rings. The third-order valence-corrected chi connectivity index (χ3v) is 6.59. The number of carbonyl (C=O) groups is 1. The van der Waals surface area contributed by atoms with Crippen LogP contribution in [0.4, 0.5) is 5.69 Å². The van der Waals surface area contributed by atoms with Crippen LogP contribution in [0.3, 0.4) is 0 Å². The molecule has 8 nitrogen and oxygen atoms in total. The van der Waals surface area contributed by atoms with Crippen LogP contribution in [-0.2, 0) is 30.7 Å². The Kier molecular flexibility index (Phi) is 9.48. The van der Waals surface area contributed by atoms with E-state index in [0.717, 1.165) is 28.7 Å². The van der Waals surface area contributed by atoms with Crippen LogP contribution in [0.25, 0.3) is 0 Å². The number of aromatic nitrogens is 1. The Hall–Kier alpha value is -4.69. The fourth-order valence-electron chi connectivity index (χ4n) is 4.44. The van der Waals surface area contributed by atoms with Crippen LogP contribution in [0.1, 0.15) is 22.4 Å². The number of rotatable bonds is 12. The van der Waals surface area contributed by atoms with Gasteiger partial charge in [-0.1, -0.05) is 43.5 Å². The van der Waals surface area contributed by atoms with Crippen LogP contribution < -0.4 is 19.9 Å². The molecule has 0 radical (unpaired) electrons. The molecule has 0 atom stereocenters. The second-order valence-corrected chi connectivity index (χ2v) is 9.12. The van der Waals surface area contributed by atoms with E-state index < -0.39 is 0 Å². The average molecular weight is 539 g/mol. The molecular weight excluding hydrogens is 504 g/mol. The van der Waals surface area contributed by atoms with Gasteiger partial charge in [0.2, 0.25) is 5.91 Å². The van der Waals surface area contributed by atoms with Gasteiger partial charge in [-0.2, -0.15) is 0 Å². The highest BCUT2D eigenvalue weighted by atomic mass is 16.5. The van der Waals surface area contributed by atoms with Crippen molar-refractivity contribution in [2.24, 2.45) is 10.7 Å². The van der Waals surface area contributed by atoms with Crippen molar-refractivity contribution in [2.45, 2.75) is 25.9 Å². The van der Waals surface area contributed by atoms with Crippen molar-refractivity contribution in [3.05, 3.63) is 114 Å². The normalized spacial score (nSPS) is 13.2. The molecule has 0 bridgehead atoms. The summed E-state index contributed by atoms with van der Waals surface area (Å²) in [7, 11) is 3.18. The van der Waals surface area contributed by atoms with Gasteiger partial charge >= 0.3 is 0 Å². The molecule has 0 aliphatic carbocycles. The number of carbonyl (C=O) groups excluding carboxylic acids is 1. The van der Waals surface area contributed by atoms with Gasteiger partial charge in [-0.15, -0.1) is 0 Å². The average Bonchev–Trinajstić information content (AvgIpc) is 3.12. The molecule has 1 aliphatic heterocycles. The van der Waals surface area contributed by atoms with E-state index in [1.807, 2.05) is 54.6 Å². The number of benzene rings is 2. The molecule has 1 amide bonds. The van der Waals surface area contributed by atoms with Crippen molar-refractivity contribution in [1.82, 2.24) is 9.88 Å². The summed E-state index contributed by atoms with van der Waals surface area (Å²) >= 11 is 0. The SMILES string of the molecule is C=C/C=C(\C=C)Cc1ccc(OCC2=Nc3c(ccnc3CN)CC(=O)N2Cc2ccc(OC)cc2OC)cc1. The van der Waals surface area contributed by atoms with Crippen molar-refractivity contribution in [1.29, 1.82) is 0 Å². The Labute approximate surface area is 235 Å². The molecule has 4 rings (SSSR count). The topological polar surface area (TPSA) is 99.3 Å². The smallest absolute Gasteiger partial charge is 0.232 e. The van der Waals surface area contributed by atoms with E-state index >= 15 is 0 Å². The number of pyridine rings is 1. The highest BCUT2D eigenvalue weighted by Gasteiger charge is 2.28. The van der Waals surface area contributed by atoms with Gasteiger partial charge in [-0.25, -0.2) is 4.99 Å². The zero-order valence-electron chi connectivity index (χ0n) is 22.9. The molecule has 0 unspecified atom stereocenters. The number of aliphatic imine (C=N–C) groups is 1. The number of fused-ring (bicyclic) bond motifs is 1. The maximum atomic E-state index is 13.6. The Morgan fingerprint density at radius 2 is 1.85 bits per heavy atom. The van der Waals surface area contributed by atoms with E-state index in [1.165, 1.54) is 0 Å². The standard InChI is InChI=1S/C32H34N4O4/c1-5-7-22(6-2)16-23-8-11-26(12-9-23)40-21-30-35-32-24(14-15-34-28(32)19-33)17-31(37)36(30)20-25-10-13-27(38-3)18-29(25)39-4/h5-15,18H,1-2,16-17,19-21,33H2,3-4H3/b22-7+. The van der Waals surface area contributed by atoms with E-state index in [-0.39, 0.29) is 32.0 Å². The van der Waals surface area contributed by atoms with Gasteiger partial charge in [0.25, 0.3) is 0 Å². The molecule has 8 heteroatoms. The number of amidine groups is 1.